The third kappa shape index (κ3) is 4.62. The van der Waals surface area contributed by atoms with Gasteiger partial charge in [0.1, 0.15) is 4.21 Å². The van der Waals surface area contributed by atoms with Crippen molar-refractivity contribution in [3.63, 3.8) is 0 Å². The fourth-order valence-electron chi connectivity index (χ4n) is 3.77. The number of sulfonamides is 1. The number of para-hydroxylation sites is 1. The van der Waals surface area contributed by atoms with E-state index in [-0.39, 0.29) is 16.7 Å². The molecule has 1 aromatic carbocycles. The fraction of sp³-hybridized carbons (Fsp3) is 0.409. The van der Waals surface area contributed by atoms with Crippen molar-refractivity contribution in [2.75, 3.05) is 18.4 Å². The molecule has 0 aliphatic carbocycles. The van der Waals surface area contributed by atoms with E-state index in [4.69, 9.17) is 4.52 Å². The van der Waals surface area contributed by atoms with Gasteiger partial charge in [0.25, 0.3) is 10.0 Å². The molecule has 1 unspecified atom stereocenters. The van der Waals surface area contributed by atoms with Gasteiger partial charge in [-0.2, -0.15) is 9.29 Å². The van der Waals surface area contributed by atoms with Gasteiger partial charge < -0.3 is 9.84 Å². The maximum atomic E-state index is 13.3. The van der Waals surface area contributed by atoms with Gasteiger partial charge in [-0.25, -0.2) is 8.42 Å². The smallest absolute Gasteiger partial charge is 0.252 e. The number of carbonyl (C=O) groups excluding carboxylic acids is 1. The molecule has 10 heteroatoms. The van der Waals surface area contributed by atoms with E-state index >= 15 is 0 Å². The summed E-state index contributed by atoms with van der Waals surface area (Å²) in [5.74, 6) is 0.346. The first-order valence-electron chi connectivity index (χ1n) is 10.7. The quantitative estimate of drug-likeness (QED) is 0.556. The lowest BCUT2D eigenvalue weighted by atomic mass is 9.98. The molecule has 3 heterocycles. The number of piperidine rings is 1. The van der Waals surface area contributed by atoms with E-state index < -0.39 is 15.9 Å². The highest BCUT2D eigenvalue weighted by atomic mass is 32.2. The van der Waals surface area contributed by atoms with Crippen LogP contribution in [-0.4, -0.2) is 41.9 Å². The Bertz CT molecular complexity index is 1200. The summed E-state index contributed by atoms with van der Waals surface area (Å²) in [4.78, 5) is 17.2. The highest BCUT2D eigenvalue weighted by Gasteiger charge is 2.34. The Morgan fingerprint density at radius 1 is 1.28 bits per heavy atom. The monoisotopic (exact) mass is 474 g/mol. The number of benzene rings is 1. The maximum absolute atomic E-state index is 13.3. The number of aromatic nitrogens is 2. The number of amides is 1. The second-order valence-corrected chi connectivity index (χ2v) is 10.8. The molecule has 1 saturated heterocycles. The van der Waals surface area contributed by atoms with Crippen LogP contribution in [0.5, 0.6) is 0 Å². The van der Waals surface area contributed by atoms with Crippen molar-refractivity contribution >= 4 is 33.0 Å². The Hall–Kier alpha value is -2.56. The lowest BCUT2D eigenvalue weighted by Gasteiger charge is -2.31. The number of rotatable bonds is 7. The summed E-state index contributed by atoms with van der Waals surface area (Å²) in [5.41, 5.74) is 2.45. The summed E-state index contributed by atoms with van der Waals surface area (Å²) >= 11 is 1.13. The van der Waals surface area contributed by atoms with E-state index in [1.807, 2.05) is 38.1 Å². The number of hydrogen-bond donors (Lipinski definition) is 1. The van der Waals surface area contributed by atoms with Gasteiger partial charge in [0.05, 0.1) is 5.92 Å². The van der Waals surface area contributed by atoms with Crippen molar-refractivity contribution in [3.05, 3.63) is 47.2 Å². The second kappa shape index (κ2) is 9.51. The Morgan fingerprint density at radius 2 is 2.09 bits per heavy atom. The van der Waals surface area contributed by atoms with Crippen LogP contribution in [0.1, 0.15) is 38.1 Å². The van der Waals surface area contributed by atoms with E-state index in [2.05, 4.69) is 15.5 Å². The number of nitrogens with one attached hydrogen (secondary N) is 1. The number of thiophene rings is 1. The molecule has 1 aliphatic rings. The topological polar surface area (TPSA) is 105 Å². The second-order valence-electron chi connectivity index (χ2n) is 7.72. The molecule has 1 amide bonds. The van der Waals surface area contributed by atoms with Gasteiger partial charge in [0.15, 0.2) is 0 Å². The lowest BCUT2D eigenvalue weighted by molar-refractivity contribution is -0.120. The Labute approximate surface area is 191 Å². The van der Waals surface area contributed by atoms with Crippen LogP contribution < -0.4 is 5.32 Å². The van der Waals surface area contributed by atoms with Crippen LogP contribution in [0.15, 0.2) is 44.4 Å². The molecular formula is C22H26N4O4S2. The van der Waals surface area contributed by atoms with Crippen LogP contribution in [0.3, 0.4) is 0 Å². The molecule has 1 fully saturated rings. The maximum Gasteiger partial charge on any atom is 0.252 e. The Kier molecular flexibility index (Phi) is 6.73. The third-order valence-electron chi connectivity index (χ3n) is 5.61. The molecular weight excluding hydrogens is 448 g/mol. The van der Waals surface area contributed by atoms with Gasteiger partial charge in [0.2, 0.25) is 17.6 Å². The lowest BCUT2D eigenvalue weighted by Crippen LogP contribution is -2.43. The number of nitrogens with zero attached hydrogens (tertiary/aromatic N) is 3. The minimum atomic E-state index is -3.71. The molecule has 1 N–H and O–H groups in total. The van der Waals surface area contributed by atoms with E-state index in [9.17, 15) is 13.2 Å². The summed E-state index contributed by atoms with van der Waals surface area (Å²) in [5, 5.41) is 8.62. The van der Waals surface area contributed by atoms with E-state index in [0.717, 1.165) is 29.0 Å². The van der Waals surface area contributed by atoms with E-state index in [1.165, 1.54) is 4.31 Å². The van der Waals surface area contributed by atoms with Crippen molar-refractivity contribution < 1.29 is 17.7 Å². The minimum absolute atomic E-state index is 0.142. The summed E-state index contributed by atoms with van der Waals surface area (Å²) < 4.78 is 33.3. The van der Waals surface area contributed by atoms with Crippen LogP contribution in [0.2, 0.25) is 0 Å². The fourth-order valence-corrected chi connectivity index (χ4v) is 6.61. The molecule has 0 saturated carbocycles. The summed E-state index contributed by atoms with van der Waals surface area (Å²) in [6.07, 6.45) is 2.71. The molecule has 1 atom stereocenters. The van der Waals surface area contributed by atoms with Crippen LogP contribution in [-0.2, 0) is 27.7 Å². The van der Waals surface area contributed by atoms with Gasteiger partial charge in [-0.05, 0) is 37.0 Å². The average Bonchev–Trinajstić information content (AvgIpc) is 3.49. The molecule has 0 radical (unpaired) electrons. The first kappa shape index (κ1) is 22.6. The van der Waals surface area contributed by atoms with Crippen molar-refractivity contribution in [1.29, 1.82) is 0 Å². The average molecular weight is 475 g/mol. The molecule has 1 aliphatic heterocycles. The first-order valence-corrected chi connectivity index (χ1v) is 13.0. The van der Waals surface area contributed by atoms with Crippen molar-refractivity contribution in [2.24, 2.45) is 5.92 Å². The third-order valence-corrected chi connectivity index (χ3v) is 8.89. The molecule has 32 heavy (non-hydrogen) atoms. The molecule has 8 nitrogen and oxygen atoms in total. The summed E-state index contributed by atoms with van der Waals surface area (Å²) in [6, 6.07) is 9.26. The highest BCUT2D eigenvalue weighted by Crippen LogP contribution is 2.31. The molecule has 4 rings (SSSR count). The molecule has 3 aromatic rings. The van der Waals surface area contributed by atoms with Crippen molar-refractivity contribution in [1.82, 2.24) is 14.4 Å². The normalized spacial score (nSPS) is 17.4. The minimum Gasteiger partial charge on any atom is -0.339 e. The SMILES string of the molecule is CCc1nc(-c2csc(S(=O)(=O)N3CCCC(C(=O)Nc4ccccc4CC)C3)c2)no1. The van der Waals surface area contributed by atoms with Crippen molar-refractivity contribution in [3.8, 4) is 11.4 Å². The zero-order valence-corrected chi connectivity index (χ0v) is 19.7. The number of anilines is 1. The number of carbonyl (C=O) groups is 1. The molecule has 2 aromatic heterocycles. The van der Waals surface area contributed by atoms with Gasteiger partial charge in [0, 0.05) is 36.1 Å². The van der Waals surface area contributed by atoms with E-state index in [1.54, 1.807) is 11.4 Å². The largest absolute Gasteiger partial charge is 0.339 e. The first-order chi connectivity index (χ1) is 15.4. The molecule has 0 bridgehead atoms. The number of aryl methyl sites for hydroxylation is 2. The summed E-state index contributed by atoms with van der Waals surface area (Å²) in [7, 11) is -3.71. The Balaban J connectivity index is 1.48. The van der Waals surface area contributed by atoms with Crippen LogP contribution in [0.25, 0.3) is 11.4 Å². The van der Waals surface area contributed by atoms with Crippen LogP contribution >= 0.6 is 11.3 Å². The predicted octanol–water partition coefficient (Wildman–Crippen LogP) is 3.96. The van der Waals surface area contributed by atoms with Gasteiger partial charge >= 0.3 is 0 Å². The highest BCUT2D eigenvalue weighted by molar-refractivity contribution is 7.91. The van der Waals surface area contributed by atoms with E-state index in [0.29, 0.717) is 43.1 Å². The van der Waals surface area contributed by atoms with Gasteiger partial charge in [-0.1, -0.05) is 37.2 Å². The Morgan fingerprint density at radius 3 is 2.84 bits per heavy atom. The zero-order valence-electron chi connectivity index (χ0n) is 18.1. The molecule has 0 spiro atoms. The van der Waals surface area contributed by atoms with Gasteiger partial charge in [-0.15, -0.1) is 11.3 Å². The predicted molar refractivity (Wildman–Crippen MR) is 123 cm³/mol. The van der Waals surface area contributed by atoms with Crippen molar-refractivity contribution in [2.45, 2.75) is 43.7 Å². The molecule has 170 valence electrons. The van der Waals surface area contributed by atoms with Crippen LogP contribution in [0.4, 0.5) is 5.69 Å². The van der Waals surface area contributed by atoms with Crippen LogP contribution in [0, 0.1) is 5.92 Å². The number of hydrogen-bond acceptors (Lipinski definition) is 7. The van der Waals surface area contributed by atoms with Gasteiger partial charge in [-0.3, -0.25) is 4.79 Å². The summed E-state index contributed by atoms with van der Waals surface area (Å²) in [6.45, 7) is 4.50. The standard InChI is InChI=1S/C22H26N4O4S2/c1-3-15-8-5-6-10-18(15)23-22(27)16-9-7-11-26(13-16)32(28,29)20-12-17(14-31-20)21-24-19(4-2)30-25-21/h5-6,8,10,12,14,16H,3-4,7,9,11,13H2,1-2H3,(H,23,27). The zero-order chi connectivity index (χ0) is 22.7.